The molecule has 1 unspecified atom stereocenters. The summed E-state index contributed by atoms with van der Waals surface area (Å²) in [6.45, 7) is 17.0. The molecule has 1 aliphatic rings. The second-order valence-corrected chi connectivity index (χ2v) is 11.1. The number of carbonyl (C=O) groups excluding carboxylic acids is 6. The molecule has 1 fully saturated rings. The average molecular weight is 653 g/mol. The quantitative estimate of drug-likeness (QED) is 0.0756. The summed E-state index contributed by atoms with van der Waals surface area (Å²) < 4.78 is 37.8. The van der Waals surface area contributed by atoms with Gasteiger partial charge in [-0.3, -0.25) is 14.4 Å². The van der Waals surface area contributed by atoms with E-state index in [4.69, 9.17) is 33.2 Å². The lowest BCUT2D eigenvalue weighted by Crippen LogP contribution is -2.56. The molecule has 1 saturated heterocycles. The number of carbonyl (C=O) groups is 6. The van der Waals surface area contributed by atoms with Gasteiger partial charge in [-0.25, -0.2) is 14.4 Å². The molecule has 46 heavy (non-hydrogen) atoms. The number of hydrogen-bond acceptors (Lipinski definition) is 13. The van der Waals surface area contributed by atoms with Gasteiger partial charge in [-0.2, -0.15) is 0 Å². The minimum absolute atomic E-state index is 0.000646. The number of hydrogen-bond donors (Lipinski definition) is 0. The first-order valence-electron chi connectivity index (χ1n) is 15.4. The van der Waals surface area contributed by atoms with Crippen LogP contribution in [0.5, 0.6) is 0 Å². The Bertz CT molecular complexity index is 1110. The first kappa shape index (κ1) is 40.0. The number of unbranched alkanes of at least 4 members (excludes halogenated alkanes) is 3. The third-order valence-electron chi connectivity index (χ3n) is 6.56. The number of ether oxygens (including phenoxy) is 7. The fourth-order valence-corrected chi connectivity index (χ4v) is 3.95. The zero-order chi connectivity index (χ0) is 34.6. The molecule has 0 spiro atoms. The van der Waals surface area contributed by atoms with Crippen molar-refractivity contribution in [2.45, 2.75) is 110 Å². The van der Waals surface area contributed by atoms with E-state index in [1.807, 2.05) is 0 Å². The van der Waals surface area contributed by atoms with E-state index >= 15 is 0 Å². The van der Waals surface area contributed by atoms with Gasteiger partial charge >= 0.3 is 35.8 Å². The van der Waals surface area contributed by atoms with Gasteiger partial charge in [-0.05, 0) is 66.2 Å². The molecule has 1 aliphatic heterocycles. The Hall–Kier alpha value is -4.00. The molecule has 0 radical (unpaired) electrons. The third kappa shape index (κ3) is 16.4. The van der Waals surface area contributed by atoms with E-state index in [0.717, 1.165) is 0 Å². The highest BCUT2D eigenvalue weighted by Crippen LogP contribution is 2.26. The Morgan fingerprint density at radius 3 is 1.28 bits per heavy atom. The summed E-state index contributed by atoms with van der Waals surface area (Å²) in [6.07, 6.45) is -1.65. The van der Waals surface area contributed by atoms with Crippen molar-refractivity contribution in [3.05, 3.63) is 36.5 Å². The molecule has 0 amide bonds. The van der Waals surface area contributed by atoms with Gasteiger partial charge in [0.15, 0.2) is 18.3 Å². The second kappa shape index (κ2) is 21.7. The SMILES string of the molecule is C=C(C)C(=O)OCCCCC(=O)O[C@H]1[C@H](OC(=O)CCCCOC(=O)C(=C)C)COC(C)[C@@H]1OC(=O)CCCCOC(=O)C(=C)C. The van der Waals surface area contributed by atoms with Crippen LogP contribution in [-0.4, -0.2) is 86.7 Å². The molecule has 1 rings (SSSR count). The van der Waals surface area contributed by atoms with Crippen molar-refractivity contribution in [1.82, 2.24) is 0 Å². The lowest BCUT2D eigenvalue weighted by Gasteiger charge is -2.39. The maximum Gasteiger partial charge on any atom is 0.333 e. The molecule has 0 aromatic carbocycles. The molecule has 0 aliphatic carbocycles. The Morgan fingerprint density at radius 1 is 0.565 bits per heavy atom. The zero-order valence-electron chi connectivity index (χ0n) is 27.4. The van der Waals surface area contributed by atoms with Gasteiger partial charge in [-0.1, -0.05) is 19.7 Å². The van der Waals surface area contributed by atoms with Crippen LogP contribution in [0, 0.1) is 0 Å². The van der Waals surface area contributed by atoms with Crippen LogP contribution in [0.1, 0.15) is 85.5 Å². The highest BCUT2D eigenvalue weighted by Gasteiger charge is 2.45. The molecule has 4 atom stereocenters. The van der Waals surface area contributed by atoms with Crippen molar-refractivity contribution >= 4 is 35.8 Å². The number of esters is 6. The summed E-state index contributed by atoms with van der Waals surface area (Å²) >= 11 is 0. The topological polar surface area (TPSA) is 167 Å². The molecule has 1 heterocycles. The highest BCUT2D eigenvalue weighted by atomic mass is 16.6. The summed E-state index contributed by atoms with van der Waals surface area (Å²) in [5.74, 6) is -3.35. The van der Waals surface area contributed by atoms with Crippen LogP contribution in [0.4, 0.5) is 0 Å². The Morgan fingerprint density at radius 2 is 0.913 bits per heavy atom. The fraction of sp³-hybridized carbons (Fsp3) is 0.636. The maximum atomic E-state index is 12.8. The Kier molecular flexibility index (Phi) is 18.9. The van der Waals surface area contributed by atoms with E-state index in [9.17, 15) is 28.8 Å². The Balaban J connectivity index is 2.78. The van der Waals surface area contributed by atoms with Crippen molar-refractivity contribution in [2.24, 2.45) is 0 Å². The smallest absolute Gasteiger partial charge is 0.333 e. The molecule has 0 aromatic rings. The summed E-state index contributed by atoms with van der Waals surface area (Å²) in [6, 6.07) is 0. The van der Waals surface area contributed by atoms with E-state index in [1.54, 1.807) is 6.92 Å². The zero-order valence-corrected chi connectivity index (χ0v) is 27.4. The Labute approximate surface area is 270 Å². The first-order valence-corrected chi connectivity index (χ1v) is 15.4. The summed E-state index contributed by atoms with van der Waals surface area (Å²) in [7, 11) is 0. The molecule has 0 N–H and O–H groups in total. The molecule has 0 aromatic heterocycles. The van der Waals surface area contributed by atoms with Crippen LogP contribution in [0.3, 0.4) is 0 Å². The minimum atomic E-state index is -1.14. The van der Waals surface area contributed by atoms with E-state index in [2.05, 4.69) is 19.7 Å². The largest absolute Gasteiger partial charge is 0.462 e. The van der Waals surface area contributed by atoms with Gasteiger partial charge in [0.05, 0.1) is 32.5 Å². The van der Waals surface area contributed by atoms with Gasteiger partial charge in [0, 0.05) is 36.0 Å². The van der Waals surface area contributed by atoms with Crippen LogP contribution in [0.2, 0.25) is 0 Å². The molecular weight excluding hydrogens is 604 g/mol. The van der Waals surface area contributed by atoms with Crippen molar-refractivity contribution in [2.75, 3.05) is 26.4 Å². The van der Waals surface area contributed by atoms with Gasteiger partial charge in [0.2, 0.25) is 0 Å². The van der Waals surface area contributed by atoms with Gasteiger partial charge in [-0.15, -0.1) is 0 Å². The lowest BCUT2D eigenvalue weighted by atomic mass is 10.00. The van der Waals surface area contributed by atoms with E-state index in [1.165, 1.54) is 20.8 Å². The third-order valence-corrected chi connectivity index (χ3v) is 6.56. The molecule has 13 nitrogen and oxygen atoms in total. The van der Waals surface area contributed by atoms with Crippen LogP contribution in [0.25, 0.3) is 0 Å². The first-order chi connectivity index (χ1) is 21.7. The van der Waals surface area contributed by atoms with Crippen molar-refractivity contribution in [1.29, 1.82) is 0 Å². The molecule has 13 heteroatoms. The molecular formula is C33H48O13. The fourth-order valence-electron chi connectivity index (χ4n) is 3.95. The van der Waals surface area contributed by atoms with Crippen molar-refractivity contribution < 1.29 is 61.9 Å². The van der Waals surface area contributed by atoms with Crippen LogP contribution in [0.15, 0.2) is 36.5 Å². The van der Waals surface area contributed by atoms with Gasteiger partial charge in [0.1, 0.15) is 0 Å². The summed E-state index contributed by atoms with van der Waals surface area (Å²) in [5, 5.41) is 0. The van der Waals surface area contributed by atoms with E-state index in [0.29, 0.717) is 38.5 Å². The summed E-state index contributed by atoms with van der Waals surface area (Å²) in [4.78, 5) is 72.7. The normalized spacial score (nSPS) is 18.8. The second-order valence-electron chi connectivity index (χ2n) is 11.1. The van der Waals surface area contributed by atoms with Crippen molar-refractivity contribution in [3.63, 3.8) is 0 Å². The van der Waals surface area contributed by atoms with Crippen LogP contribution in [-0.2, 0) is 61.9 Å². The average Bonchev–Trinajstić information content (AvgIpc) is 2.99. The molecule has 258 valence electrons. The summed E-state index contributed by atoms with van der Waals surface area (Å²) in [5.41, 5.74) is 0.820. The van der Waals surface area contributed by atoms with Crippen LogP contribution < -0.4 is 0 Å². The monoisotopic (exact) mass is 652 g/mol. The van der Waals surface area contributed by atoms with E-state index < -0.39 is 60.2 Å². The highest BCUT2D eigenvalue weighted by molar-refractivity contribution is 5.87. The molecule has 0 bridgehead atoms. The molecule has 0 saturated carbocycles. The maximum absolute atomic E-state index is 12.8. The minimum Gasteiger partial charge on any atom is -0.462 e. The predicted molar refractivity (Wildman–Crippen MR) is 164 cm³/mol. The van der Waals surface area contributed by atoms with E-state index in [-0.39, 0.29) is 62.4 Å². The predicted octanol–water partition coefficient (Wildman–Crippen LogP) is 4.01. The number of rotatable bonds is 21. The standard InChI is InChI=1S/C33H48O13/c1-21(2)31(37)40-17-11-8-14-26(34)44-25-20-43-24(7)29(45-27(35)15-9-12-18-41-32(38)22(3)4)30(25)46-28(36)16-10-13-19-42-33(39)23(5)6/h24-25,29-30H,1,3,5,8-20H2,2,4,6-7H3/t24?,25-,29+,30+/m1/s1. The lowest BCUT2D eigenvalue weighted by molar-refractivity contribution is -0.225. The van der Waals surface area contributed by atoms with Gasteiger partial charge < -0.3 is 33.2 Å². The van der Waals surface area contributed by atoms with Crippen molar-refractivity contribution in [3.8, 4) is 0 Å². The van der Waals surface area contributed by atoms with Gasteiger partial charge in [0.25, 0.3) is 0 Å². The van der Waals surface area contributed by atoms with Crippen LogP contribution >= 0.6 is 0 Å².